The molecule has 26 heavy (non-hydrogen) atoms. The molecule has 0 unspecified atom stereocenters. The first kappa shape index (κ1) is 19.8. The van der Waals surface area contributed by atoms with Crippen LogP contribution in [0.2, 0.25) is 0 Å². The highest BCUT2D eigenvalue weighted by Gasteiger charge is 2.21. The third-order valence-corrected chi connectivity index (χ3v) is 4.70. The van der Waals surface area contributed by atoms with Crippen LogP contribution in [-0.2, 0) is 27.8 Å². The van der Waals surface area contributed by atoms with Gasteiger partial charge in [0, 0.05) is 31.6 Å². The highest BCUT2D eigenvalue weighted by Crippen LogP contribution is 2.20. The Kier molecular flexibility index (Phi) is 6.66. The number of nitrogens with zero attached hydrogens (tertiary/aromatic N) is 2. The van der Waals surface area contributed by atoms with Gasteiger partial charge in [0.05, 0.1) is 19.8 Å². The van der Waals surface area contributed by atoms with E-state index in [0.717, 1.165) is 0 Å². The molecule has 0 radical (unpaired) electrons. The summed E-state index contributed by atoms with van der Waals surface area (Å²) in [4.78, 5) is 29.6. The van der Waals surface area contributed by atoms with Crippen LogP contribution in [0.1, 0.15) is 12.5 Å². The molecule has 0 bridgehead atoms. The predicted molar refractivity (Wildman–Crippen MR) is 92.6 cm³/mol. The van der Waals surface area contributed by atoms with E-state index in [9.17, 15) is 18.0 Å². The Morgan fingerprint density at radius 3 is 2.81 bits per heavy atom. The molecule has 0 amide bonds. The van der Waals surface area contributed by atoms with Crippen molar-refractivity contribution in [1.82, 2.24) is 19.3 Å². The molecule has 0 fully saturated rings. The van der Waals surface area contributed by atoms with E-state index in [-0.39, 0.29) is 42.6 Å². The van der Waals surface area contributed by atoms with Gasteiger partial charge in [-0.25, -0.2) is 22.9 Å². The summed E-state index contributed by atoms with van der Waals surface area (Å²) in [5, 5.41) is -0.272. The molecule has 2 heterocycles. The monoisotopic (exact) mass is 384 g/mol. The molecular weight excluding hydrogens is 364 g/mol. The molecule has 2 aromatic rings. The topological polar surface area (TPSA) is 132 Å². The number of methoxy groups -OCH3 is 1. The number of aromatic amines is 1. The average Bonchev–Trinajstić information content (AvgIpc) is 2.61. The predicted octanol–water partition coefficient (Wildman–Crippen LogP) is -0.545. The number of aromatic nitrogens is 3. The summed E-state index contributed by atoms with van der Waals surface area (Å²) in [7, 11) is -2.54. The van der Waals surface area contributed by atoms with E-state index < -0.39 is 21.3 Å². The lowest BCUT2D eigenvalue weighted by atomic mass is 10.3. The summed E-state index contributed by atoms with van der Waals surface area (Å²) >= 11 is 0. The minimum absolute atomic E-state index is 0.0816. The molecule has 2 N–H and O–H groups in total. The fraction of sp³-hybridized carbons (Fsp3) is 0.400. The zero-order chi connectivity index (χ0) is 19.2. The van der Waals surface area contributed by atoms with E-state index in [1.54, 1.807) is 13.0 Å². The third-order valence-electron chi connectivity index (χ3n) is 3.36. The number of rotatable bonds is 9. The zero-order valence-electron chi connectivity index (χ0n) is 14.4. The number of sulfonamides is 1. The zero-order valence-corrected chi connectivity index (χ0v) is 15.2. The first-order chi connectivity index (χ1) is 12.4. The van der Waals surface area contributed by atoms with Gasteiger partial charge in [-0.1, -0.05) is 0 Å². The number of hydrogen-bond acceptors (Lipinski definition) is 7. The maximum atomic E-state index is 12.5. The molecule has 0 atom stereocenters. The largest absolute Gasteiger partial charge is 0.491 e. The van der Waals surface area contributed by atoms with Crippen LogP contribution in [0, 0.1) is 0 Å². The van der Waals surface area contributed by atoms with Gasteiger partial charge in [0.1, 0.15) is 0 Å². The van der Waals surface area contributed by atoms with Crippen LogP contribution in [-0.4, -0.2) is 43.3 Å². The molecule has 2 rings (SSSR count). The van der Waals surface area contributed by atoms with Crippen molar-refractivity contribution in [2.24, 2.45) is 0 Å². The smallest absolute Gasteiger partial charge is 0.328 e. The third kappa shape index (κ3) is 4.77. The summed E-state index contributed by atoms with van der Waals surface area (Å²) in [5.74, 6) is 0.112. The molecule has 0 saturated carbocycles. The van der Waals surface area contributed by atoms with Crippen LogP contribution in [0.3, 0.4) is 0 Å². The normalized spacial score (nSPS) is 11.5. The SMILES string of the molecule is CCOc1cccnc1S(=O)(=O)NCc1cn(CCOC)c(=O)[nH]c1=O. The standard InChI is InChI=1S/C15H20N4O6S/c1-3-25-12-5-4-6-16-14(12)26(22,23)17-9-11-10-19(7-8-24-2)15(21)18-13(11)20/h4-6,10,17H,3,7-9H2,1-2H3,(H,18,20,21). The van der Waals surface area contributed by atoms with Gasteiger partial charge in [-0.2, -0.15) is 0 Å². The molecule has 142 valence electrons. The van der Waals surface area contributed by atoms with E-state index in [4.69, 9.17) is 9.47 Å². The molecule has 2 aromatic heterocycles. The molecule has 0 saturated heterocycles. The molecule has 0 aliphatic heterocycles. The number of pyridine rings is 1. The van der Waals surface area contributed by atoms with Crippen LogP contribution in [0.5, 0.6) is 5.75 Å². The van der Waals surface area contributed by atoms with E-state index in [0.29, 0.717) is 0 Å². The first-order valence-electron chi connectivity index (χ1n) is 7.78. The Morgan fingerprint density at radius 1 is 1.35 bits per heavy atom. The summed E-state index contributed by atoms with van der Waals surface area (Å²) in [6.45, 7) is 2.17. The van der Waals surface area contributed by atoms with Crippen molar-refractivity contribution in [2.75, 3.05) is 20.3 Å². The Labute approximate surface area is 149 Å². The van der Waals surface area contributed by atoms with Crippen LogP contribution in [0.4, 0.5) is 0 Å². The minimum Gasteiger partial charge on any atom is -0.491 e. The maximum absolute atomic E-state index is 12.5. The highest BCUT2D eigenvalue weighted by atomic mass is 32.2. The van der Waals surface area contributed by atoms with Gasteiger partial charge in [-0.3, -0.25) is 14.3 Å². The van der Waals surface area contributed by atoms with Crippen LogP contribution in [0.15, 0.2) is 39.1 Å². The second kappa shape index (κ2) is 8.74. The Hall–Kier alpha value is -2.50. The Bertz CT molecular complexity index is 967. The van der Waals surface area contributed by atoms with Crippen molar-refractivity contribution in [2.45, 2.75) is 25.0 Å². The van der Waals surface area contributed by atoms with E-state index >= 15 is 0 Å². The number of hydrogen-bond donors (Lipinski definition) is 2. The van der Waals surface area contributed by atoms with Crippen molar-refractivity contribution >= 4 is 10.0 Å². The summed E-state index contributed by atoms with van der Waals surface area (Å²) < 4.78 is 38.7. The maximum Gasteiger partial charge on any atom is 0.328 e. The summed E-state index contributed by atoms with van der Waals surface area (Å²) in [6.07, 6.45) is 2.62. The molecule has 10 nitrogen and oxygen atoms in total. The van der Waals surface area contributed by atoms with Gasteiger partial charge >= 0.3 is 5.69 Å². The lowest BCUT2D eigenvalue weighted by molar-refractivity contribution is 0.185. The summed E-state index contributed by atoms with van der Waals surface area (Å²) in [6, 6.07) is 3.04. The van der Waals surface area contributed by atoms with Gasteiger partial charge in [-0.15, -0.1) is 0 Å². The van der Waals surface area contributed by atoms with Crippen molar-refractivity contribution in [3.05, 3.63) is 50.9 Å². The van der Waals surface area contributed by atoms with Crippen LogP contribution in [0.25, 0.3) is 0 Å². The first-order valence-corrected chi connectivity index (χ1v) is 9.26. The fourth-order valence-corrected chi connectivity index (χ4v) is 3.19. The molecule has 0 spiro atoms. The second-order valence-corrected chi connectivity index (χ2v) is 6.85. The van der Waals surface area contributed by atoms with E-state index in [1.807, 2.05) is 0 Å². The van der Waals surface area contributed by atoms with Gasteiger partial charge < -0.3 is 9.47 Å². The van der Waals surface area contributed by atoms with E-state index in [2.05, 4.69) is 14.7 Å². The van der Waals surface area contributed by atoms with Crippen molar-refractivity contribution in [3.63, 3.8) is 0 Å². The van der Waals surface area contributed by atoms with Crippen molar-refractivity contribution in [1.29, 1.82) is 0 Å². The lowest BCUT2D eigenvalue weighted by Gasteiger charge is -2.11. The Balaban J connectivity index is 2.25. The molecule has 0 aromatic carbocycles. The van der Waals surface area contributed by atoms with Gasteiger partial charge in [0.2, 0.25) is 5.03 Å². The quantitative estimate of drug-likeness (QED) is 0.593. The fourth-order valence-electron chi connectivity index (χ4n) is 2.12. The molecule has 0 aliphatic carbocycles. The van der Waals surface area contributed by atoms with Crippen LogP contribution >= 0.6 is 0 Å². The van der Waals surface area contributed by atoms with Gasteiger partial charge in [0.15, 0.2) is 5.75 Å². The van der Waals surface area contributed by atoms with Crippen molar-refractivity contribution in [3.8, 4) is 5.75 Å². The van der Waals surface area contributed by atoms with Crippen molar-refractivity contribution < 1.29 is 17.9 Å². The number of H-pyrrole nitrogens is 1. The number of nitrogens with one attached hydrogen (secondary N) is 2. The minimum atomic E-state index is -4.02. The molecule has 0 aliphatic rings. The van der Waals surface area contributed by atoms with Gasteiger partial charge in [-0.05, 0) is 19.1 Å². The van der Waals surface area contributed by atoms with E-state index in [1.165, 1.54) is 30.1 Å². The average molecular weight is 384 g/mol. The highest BCUT2D eigenvalue weighted by molar-refractivity contribution is 7.89. The van der Waals surface area contributed by atoms with Gasteiger partial charge in [0.25, 0.3) is 15.6 Å². The summed E-state index contributed by atoms with van der Waals surface area (Å²) in [5.41, 5.74) is -1.18. The molecule has 11 heteroatoms. The number of ether oxygens (including phenoxy) is 2. The Morgan fingerprint density at radius 2 is 2.12 bits per heavy atom. The second-order valence-electron chi connectivity index (χ2n) is 5.16. The van der Waals surface area contributed by atoms with Crippen LogP contribution < -0.4 is 20.7 Å². The molecular formula is C15H20N4O6S. The lowest BCUT2D eigenvalue weighted by Crippen LogP contribution is -2.35.